The van der Waals surface area contributed by atoms with E-state index in [1.165, 1.54) is 25.7 Å². The largest absolute Gasteiger partial charge is 0.491 e. The van der Waals surface area contributed by atoms with Crippen LogP contribution in [0.4, 0.5) is 11.4 Å². The lowest BCUT2D eigenvalue weighted by atomic mass is 9.98. The van der Waals surface area contributed by atoms with Crippen molar-refractivity contribution in [1.29, 1.82) is 0 Å². The highest BCUT2D eigenvalue weighted by Gasteiger charge is 2.17. The topological polar surface area (TPSA) is 67.4 Å². The summed E-state index contributed by atoms with van der Waals surface area (Å²) in [6, 6.07) is 15.0. The lowest BCUT2D eigenvalue weighted by Crippen LogP contribution is -2.29. The number of ether oxygens (including phenoxy) is 1. The van der Waals surface area contributed by atoms with Gasteiger partial charge in [-0.25, -0.2) is 0 Å². The summed E-state index contributed by atoms with van der Waals surface area (Å²) in [6.45, 7) is 9.57. The molecule has 0 saturated carbocycles. The maximum absolute atomic E-state index is 12.7. The van der Waals surface area contributed by atoms with Gasteiger partial charge in [-0.15, -0.1) is 0 Å². The van der Waals surface area contributed by atoms with Crippen LogP contribution in [0.15, 0.2) is 48.5 Å². The number of hydrogen-bond acceptors (Lipinski definition) is 3. The van der Waals surface area contributed by atoms with Crippen molar-refractivity contribution in [2.75, 3.05) is 17.2 Å². The number of aryl methyl sites for hydroxylation is 1. The number of rotatable bonds is 15. The lowest BCUT2D eigenvalue weighted by Gasteiger charge is -2.14. The average Bonchev–Trinajstić information content (AvgIpc) is 2.87. The Hall–Kier alpha value is -2.82. The smallest absolute Gasteiger partial charge is 0.314 e. The summed E-state index contributed by atoms with van der Waals surface area (Å²) in [5.41, 5.74) is 2.26. The first-order valence-corrected chi connectivity index (χ1v) is 13.4. The van der Waals surface area contributed by atoms with Gasteiger partial charge in [-0.05, 0) is 61.3 Å². The van der Waals surface area contributed by atoms with E-state index in [1.54, 1.807) is 6.07 Å². The van der Waals surface area contributed by atoms with Crippen LogP contribution in [-0.2, 0) is 16.0 Å². The van der Waals surface area contributed by atoms with Gasteiger partial charge in [0.05, 0.1) is 12.3 Å². The van der Waals surface area contributed by atoms with Crippen LogP contribution in [0.1, 0.15) is 84.6 Å². The highest BCUT2D eigenvalue weighted by Crippen LogP contribution is 2.25. The van der Waals surface area contributed by atoms with Gasteiger partial charge in [0, 0.05) is 5.69 Å². The Labute approximate surface area is 212 Å². The maximum Gasteiger partial charge on any atom is 0.314 e. The second kappa shape index (κ2) is 16.0. The number of para-hydroxylation sites is 3. The van der Waals surface area contributed by atoms with E-state index in [9.17, 15) is 9.59 Å². The first-order valence-electron chi connectivity index (χ1n) is 13.4. The molecule has 0 aliphatic heterocycles. The van der Waals surface area contributed by atoms with Gasteiger partial charge in [-0.2, -0.15) is 0 Å². The first-order chi connectivity index (χ1) is 16.9. The number of carbonyl (C=O) groups excluding carboxylic acids is 2. The molecule has 0 saturated heterocycles. The van der Waals surface area contributed by atoms with E-state index in [1.807, 2.05) is 42.5 Å². The van der Waals surface area contributed by atoms with E-state index in [0.29, 0.717) is 23.7 Å². The van der Waals surface area contributed by atoms with E-state index >= 15 is 0 Å². The van der Waals surface area contributed by atoms with E-state index in [0.717, 1.165) is 49.5 Å². The van der Waals surface area contributed by atoms with Gasteiger partial charge in [-0.1, -0.05) is 90.1 Å². The van der Waals surface area contributed by atoms with Gasteiger partial charge >= 0.3 is 11.8 Å². The molecule has 2 atom stereocenters. The van der Waals surface area contributed by atoms with Gasteiger partial charge in [0.1, 0.15) is 5.75 Å². The molecule has 0 spiro atoms. The molecule has 0 aliphatic carbocycles. The quantitative estimate of drug-likeness (QED) is 0.203. The molecule has 2 rings (SSSR count). The van der Waals surface area contributed by atoms with Crippen molar-refractivity contribution in [1.82, 2.24) is 0 Å². The maximum atomic E-state index is 12.7. The summed E-state index contributed by atoms with van der Waals surface area (Å²) >= 11 is 0. The molecule has 0 aliphatic rings. The summed E-state index contributed by atoms with van der Waals surface area (Å²) in [5, 5.41) is 5.51. The van der Waals surface area contributed by atoms with Crippen molar-refractivity contribution < 1.29 is 14.3 Å². The van der Waals surface area contributed by atoms with Gasteiger partial charge in [0.2, 0.25) is 0 Å². The Morgan fingerprint density at radius 1 is 0.743 bits per heavy atom. The molecule has 2 aromatic carbocycles. The number of nitrogens with one attached hydrogen (secondary N) is 2. The van der Waals surface area contributed by atoms with Gasteiger partial charge in [-0.3, -0.25) is 9.59 Å². The van der Waals surface area contributed by atoms with E-state index in [-0.39, 0.29) is 0 Å². The lowest BCUT2D eigenvalue weighted by molar-refractivity contribution is -0.133. The van der Waals surface area contributed by atoms with Crippen LogP contribution in [0, 0.1) is 11.8 Å². The number of anilines is 2. The van der Waals surface area contributed by atoms with Crippen molar-refractivity contribution in [3.05, 3.63) is 54.1 Å². The Kier molecular flexibility index (Phi) is 13.0. The molecule has 0 fully saturated rings. The van der Waals surface area contributed by atoms with Crippen LogP contribution < -0.4 is 15.4 Å². The Morgan fingerprint density at radius 2 is 1.29 bits per heavy atom. The number of hydrogen-bond donors (Lipinski definition) is 2. The Morgan fingerprint density at radius 3 is 1.94 bits per heavy atom. The van der Waals surface area contributed by atoms with Crippen LogP contribution in [0.3, 0.4) is 0 Å². The normalized spacial score (nSPS) is 12.6. The summed E-state index contributed by atoms with van der Waals surface area (Å²) in [7, 11) is 0. The predicted octanol–water partition coefficient (Wildman–Crippen LogP) is 7.62. The van der Waals surface area contributed by atoms with Crippen LogP contribution >= 0.6 is 0 Å². The van der Waals surface area contributed by atoms with E-state index < -0.39 is 11.8 Å². The van der Waals surface area contributed by atoms with Crippen molar-refractivity contribution >= 4 is 23.2 Å². The molecule has 0 aromatic heterocycles. The van der Waals surface area contributed by atoms with Crippen molar-refractivity contribution in [3.63, 3.8) is 0 Å². The molecule has 2 N–H and O–H groups in total. The van der Waals surface area contributed by atoms with Crippen LogP contribution in [-0.4, -0.2) is 18.4 Å². The SMILES string of the molecule is CCC(C)CCCCOc1ccccc1NC(=O)C(=O)Nc1ccccc1CCCCC(C)CC. The standard InChI is InChI=1S/C30H44N2O3/c1-5-23(3)15-7-8-17-25-18-9-10-19-26(25)31-29(33)30(34)32-27-20-11-12-21-28(27)35-22-14-13-16-24(4)6-2/h9-12,18-21,23-24H,5-8,13-17,22H2,1-4H3,(H,31,33)(H,32,34). The molecule has 0 heterocycles. The number of amides is 2. The number of unbranched alkanes of at least 4 members (excludes halogenated alkanes) is 2. The molecule has 2 unspecified atom stereocenters. The van der Waals surface area contributed by atoms with Gasteiger partial charge < -0.3 is 15.4 Å². The second-order valence-electron chi connectivity index (χ2n) is 9.68. The molecule has 5 nitrogen and oxygen atoms in total. The molecular formula is C30H44N2O3. The fourth-order valence-electron chi connectivity index (χ4n) is 3.91. The highest BCUT2D eigenvalue weighted by molar-refractivity contribution is 6.43. The van der Waals surface area contributed by atoms with Crippen molar-refractivity contribution in [3.8, 4) is 5.75 Å². The molecule has 192 valence electrons. The molecule has 0 radical (unpaired) electrons. The minimum atomic E-state index is -0.704. The zero-order valence-corrected chi connectivity index (χ0v) is 22.1. The van der Waals surface area contributed by atoms with Crippen LogP contribution in [0.5, 0.6) is 5.75 Å². The predicted molar refractivity (Wildman–Crippen MR) is 146 cm³/mol. The first kappa shape index (κ1) is 28.4. The fourth-order valence-corrected chi connectivity index (χ4v) is 3.91. The monoisotopic (exact) mass is 480 g/mol. The zero-order chi connectivity index (χ0) is 25.5. The number of benzene rings is 2. The van der Waals surface area contributed by atoms with E-state index in [2.05, 4.69) is 38.3 Å². The second-order valence-corrected chi connectivity index (χ2v) is 9.68. The number of carbonyl (C=O) groups is 2. The summed E-state index contributed by atoms with van der Waals surface area (Å²) < 4.78 is 5.90. The summed E-state index contributed by atoms with van der Waals surface area (Å²) in [6.07, 6.45) is 9.98. The van der Waals surface area contributed by atoms with Crippen molar-refractivity contribution in [2.24, 2.45) is 11.8 Å². The highest BCUT2D eigenvalue weighted by atomic mass is 16.5. The molecule has 35 heavy (non-hydrogen) atoms. The summed E-state index contributed by atoms with van der Waals surface area (Å²) in [5.74, 6) is 0.670. The van der Waals surface area contributed by atoms with Gasteiger partial charge in [0.15, 0.2) is 0 Å². The van der Waals surface area contributed by atoms with Crippen LogP contribution in [0.25, 0.3) is 0 Å². The van der Waals surface area contributed by atoms with Crippen molar-refractivity contribution in [2.45, 2.75) is 85.5 Å². The van der Waals surface area contributed by atoms with Crippen LogP contribution in [0.2, 0.25) is 0 Å². The molecule has 0 bridgehead atoms. The molecule has 2 aromatic rings. The molecule has 2 amide bonds. The Bertz CT molecular complexity index is 912. The zero-order valence-electron chi connectivity index (χ0n) is 22.1. The minimum Gasteiger partial charge on any atom is -0.491 e. The average molecular weight is 481 g/mol. The van der Waals surface area contributed by atoms with E-state index in [4.69, 9.17) is 4.74 Å². The minimum absolute atomic E-state index is 0.507. The molecular weight excluding hydrogens is 436 g/mol. The Balaban J connectivity index is 1.88. The third-order valence-electron chi connectivity index (χ3n) is 6.74. The van der Waals surface area contributed by atoms with Gasteiger partial charge in [0.25, 0.3) is 0 Å². The molecule has 5 heteroatoms. The summed E-state index contributed by atoms with van der Waals surface area (Å²) in [4.78, 5) is 25.3. The fraction of sp³-hybridized carbons (Fsp3) is 0.533. The third-order valence-corrected chi connectivity index (χ3v) is 6.74. The third kappa shape index (κ3) is 10.5.